The van der Waals surface area contributed by atoms with E-state index in [1.807, 2.05) is 11.0 Å². The highest BCUT2D eigenvalue weighted by atomic mass is 16.2. The molecule has 0 saturated heterocycles. The fourth-order valence-electron chi connectivity index (χ4n) is 2.04. The molecule has 0 aromatic heterocycles. The highest BCUT2D eigenvalue weighted by molar-refractivity contribution is 5.81. The Morgan fingerprint density at radius 2 is 2.24 bits per heavy atom. The monoisotopic (exact) mass is 232 g/mol. The average Bonchev–Trinajstić information content (AvgIpc) is 3.09. The molecule has 1 aromatic rings. The summed E-state index contributed by atoms with van der Waals surface area (Å²) in [6, 6.07) is 8.31. The molecule has 0 aliphatic heterocycles. The largest absolute Gasteiger partial charge is 0.334 e. The number of rotatable bonds is 4. The molecular weight excluding hydrogens is 212 g/mol. The molecule has 2 rings (SSSR count). The second-order valence-corrected chi connectivity index (χ2v) is 4.98. The number of carbonyl (C=O) groups excluding carboxylic acids is 1. The van der Waals surface area contributed by atoms with Gasteiger partial charge in [0, 0.05) is 12.6 Å². The van der Waals surface area contributed by atoms with Gasteiger partial charge in [-0.2, -0.15) is 0 Å². The van der Waals surface area contributed by atoms with Crippen LogP contribution in [0.1, 0.15) is 30.9 Å². The van der Waals surface area contributed by atoms with Crippen molar-refractivity contribution in [2.75, 3.05) is 0 Å². The molecule has 1 saturated carbocycles. The van der Waals surface area contributed by atoms with Crippen LogP contribution in [0.25, 0.3) is 0 Å². The highest BCUT2D eigenvalue weighted by Gasteiger charge is 2.33. The van der Waals surface area contributed by atoms with Crippen molar-refractivity contribution in [2.45, 2.75) is 45.3 Å². The molecule has 1 unspecified atom stereocenters. The van der Waals surface area contributed by atoms with Gasteiger partial charge in [-0.25, -0.2) is 0 Å². The summed E-state index contributed by atoms with van der Waals surface area (Å²) in [5.41, 5.74) is 8.11. The molecule has 0 heterocycles. The van der Waals surface area contributed by atoms with Crippen molar-refractivity contribution in [3.05, 3.63) is 35.4 Å². The Balaban J connectivity index is 2.10. The molecule has 3 nitrogen and oxygen atoms in total. The summed E-state index contributed by atoms with van der Waals surface area (Å²) in [5, 5.41) is 0. The number of benzene rings is 1. The quantitative estimate of drug-likeness (QED) is 0.861. The Bertz CT molecular complexity index is 410. The van der Waals surface area contributed by atoms with Crippen LogP contribution in [-0.4, -0.2) is 22.9 Å². The fraction of sp³-hybridized carbons (Fsp3) is 0.500. The summed E-state index contributed by atoms with van der Waals surface area (Å²) in [6.45, 7) is 4.51. The van der Waals surface area contributed by atoms with Gasteiger partial charge in [0.25, 0.3) is 0 Å². The van der Waals surface area contributed by atoms with Crippen molar-refractivity contribution < 1.29 is 4.79 Å². The van der Waals surface area contributed by atoms with Crippen LogP contribution in [-0.2, 0) is 11.3 Å². The molecule has 2 N–H and O–H groups in total. The number of carbonyl (C=O) groups is 1. The molecule has 0 radical (unpaired) electrons. The van der Waals surface area contributed by atoms with Crippen LogP contribution in [0.15, 0.2) is 24.3 Å². The summed E-state index contributed by atoms with van der Waals surface area (Å²) in [4.78, 5) is 13.9. The zero-order valence-corrected chi connectivity index (χ0v) is 10.5. The molecule has 1 aromatic carbocycles. The predicted molar refractivity (Wildman–Crippen MR) is 68.4 cm³/mol. The van der Waals surface area contributed by atoms with Crippen molar-refractivity contribution in [2.24, 2.45) is 5.73 Å². The van der Waals surface area contributed by atoms with Crippen LogP contribution in [0.2, 0.25) is 0 Å². The lowest BCUT2D eigenvalue weighted by Crippen LogP contribution is -2.42. The Kier molecular flexibility index (Phi) is 3.48. The molecule has 1 aliphatic carbocycles. The van der Waals surface area contributed by atoms with Crippen LogP contribution in [0, 0.1) is 6.92 Å². The third-order valence-corrected chi connectivity index (χ3v) is 3.10. The van der Waals surface area contributed by atoms with E-state index in [1.54, 1.807) is 6.92 Å². The number of amides is 1. The third-order valence-electron chi connectivity index (χ3n) is 3.10. The molecule has 0 spiro atoms. The van der Waals surface area contributed by atoms with Crippen LogP contribution < -0.4 is 5.73 Å². The van der Waals surface area contributed by atoms with Crippen LogP contribution in [0.4, 0.5) is 0 Å². The Hall–Kier alpha value is -1.35. The van der Waals surface area contributed by atoms with Gasteiger partial charge in [-0.1, -0.05) is 29.8 Å². The van der Waals surface area contributed by atoms with Gasteiger partial charge in [-0.15, -0.1) is 0 Å². The van der Waals surface area contributed by atoms with Gasteiger partial charge in [-0.3, -0.25) is 4.79 Å². The molecular formula is C14H20N2O. The van der Waals surface area contributed by atoms with Gasteiger partial charge in [-0.05, 0) is 32.3 Å². The van der Waals surface area contributed by atoms with E-state index in [0.29, 0.717) is 12.6 Å². The standard InChI is InChI=1S/C14H20N2O/c1-10-4-3-5-12(8-10)9-16(13-6-7-13)14(17)11(2)15/h3-5,8,11,13H,6-7,9,15H2,1-2H3. The number of nitrogens with two attached hydrogens (primary N) is 1. The topological polar surface area (TPSA) is 46.3 Å². The van der Waals surface area contributed by atoms with E-state index in [4.69, 9.17) is 5.73 Å². The van der Waals surface area contributed by atoms with Crippen molar-refractivity contribution in [3.8, 4) is 0 Å². The lowest BCUT2D eigenvalue weighted by atomic mass is 10.1. The van der Waals surface area contributed by atoms with Crippen LogP contribution >= 0.6 is 0 Å². The van der Waals surface area contributed by atoms with E-state index in [1.165, 1.54) is 11.1 Å². The van der Waals surface area contributed by atoms with E-state index in [9.17, 15) is 4.79 Å². The van der Waals surface area contributed by atoms with E-state index >= 15 is 0 Å². The molecule has 1 aliphatic rings. The van der Waals surface area contributed by atoms with Crippen molar-refractivity contribution >= 4 is 5.91 Å². The molecule has 1 atom stereocenters. The summed E-state index contributed by atoms with van der Waals surface area (Å²) in [6.07, 6.45) is 2.23. The predicted octanol–water partition coefficient (Wildman–Crippen LogP) is 1.83. The normalized spacial score (nSPS) is 16.6. The van der Waals surface area contributed by atoms with Crippen molar-refractivity contribution in [3.63, 3.8) is 0 Å². The SMILES string of the molecule is Cc1cccc(CN(C(=O)C(C)N)C2CC2)c1. The molecule has 1 fully saturated rings. The third kappa shape index (κ3) is 3.07. The maximum atomic E-state index is 12.0. The van der Waals surface area contributed by atoms with Gasteiger partial charge in [0.2, 0.25) is 5.91 Å². The molecule has 92 valence electrons. The summed E-state index contributed by atoms with van der Waals surface area (Å²) < 4.78 is 0. The maximum absolute atomic E-state index is 12.0. The second kappa shape index (κ2) is 4.88. The van der Waals surface area contributed by atoms with Gasteiger partial charge in [0.05, 0.1) is 6.04 Å². The first-order chi connectivity index (χ1) is 8.08. The summed E-state index contributed by atoms with van der Waals surface area (Å²) in [5.74, 6) is 0.0639. The minimum atomic E-state index is -0.402. The first-order valence-electron chi connectivity index (χ1n) is 6.19. The van der Waals surface area contributed by atoms with Gasteiger partial charge in [0.15, 0.2) is 0 Å². The summed E-state index contributed by atoms with van der Waals surface area (Å²) in [7, 11) is 0. The zero-order chi connectivity index (χ0) is 12.4. The van der Waals surface area contributed by atoms with Gasteiger partial charge >= 0.3 is 0 Å². The van der Waals surface area contributed by atoms with Gasteiger partial charge in [0.1, 0.15) is 0 Å². The minimum absolute atomic E-state index is 0.0639. The van der Waals surface area contributed by atoms with E-state index < -0.39 is 6.04 Å². The van der Waals surface area contributed by atoms with E-state index in [0.717, 1.165) is 12.8 Å². The van der Waals surface area contributed by atoms with E-state index in [2.05, 4.69) is 25.1 Å². The number of hydrogen-bond donors (Lipinski definition) is 1. The first-order valence-corrected chi connectivity index (χ1v) is 6.19. The van der Waals surface area contributed by atoms with E-state index in [-0.39, 0.29) is 5.91 Å². The average molecular weight is 232 g/mol. The molecule has 1 amide bonds. The molecule has 3 heteroatoms. The second-order valence-electron chi connectivity index (χ2n) is 4.98. The Morgan fingerprint density at radius 3 is 2.76 bits per heavy atom. The van der Waals surface area contributed by atoms with Crippen molar-refractivity contribution in [1.82, 2.24) is 4.90 Å². The summed E-state index contributed by atoms with van der Waals surface area (Å²) >= 11 is 0. The molecule has 0 bridgehead atoms. The van der Waals surface area contributed by atoms with Gasteiger partial charge < -0.3 is 10.6 Å². The smallest absolute Gasteiger partial charge is 0.239 e. The highest BCUT2D eigenvalue weighted by Crippen LogP contribution is 2.28. The fourth-order valence-corrected chi connectivity index (χ4v) is 2.04. The number of hydrogen-bond acceptors (Lipinski definition) is 2. The van der Waals surface area contributed by atoms with Crippen LogP contribution in [0.3, 0.4) is 0 Å². The Labute approximate surface area is 103 Å². The maximum Gasteiger partial charge on any atom is 0.239 e. The minimum Gasteiger partial charge on any atom is -0.334 e. The van der Waals surface area contributed by atoms with Crippen molar-refractivity contribution in [1.29, 1.82) is 0 Å². The Morgan fingerprint density at radius 1 is 1.53 bits per heavy atom. The lowest BCUT2D eigenvalue weighted by Gasteiger charge is -2.24. The molecule has 17 heavy (non-hydrogen) atoms. The number of aryl methyl sites for hydroxylation is 1. The van der Waals surface area contributed by atoms with Crippen LogP contribution in [0.5, 0.6) is 0 Å². The number of nitrogens with zero attached hydrogens (tertiary/aromatic N) is 1. The lowest BCUT2D eigenvalue weighted by molar-refractivity contribution is -0.133. The zero-order valence-electron chi connectivity index (χ0n) is 10.5. The first kappa shape index (κ1) is 12.1.